The Morgan fingerprint density at radius 1 is 0.927 bits per heavy atom. The zero-order chi connectivity index (χ0) is 29.7. The molecule has 0 spiro atoms. The van der Waals surface area contributed by atoms with Gasteiger partial charge in [0.05, 0.1) is 12.2 Å². The number of pyridine rings is 1. The Labute approximate surface area is 247 Å². The van der Waals surface area contributed by atoms with Crippen LogP contribution in [0.4, 0.5) is 5.82 Å². The highest BCUT2D eigenvalue weighted by atomic mass is 16.9. The second-order valence-corrected chi connectivity index (χ2v) is 11.5. The van der Waals surface area contributed by atoms with E-state index in [4.69, 9.17) is 0 Å². The summed E-state index contributed by atoms with van der Waals surface area (Å²) in [5.74, 6) is 0.509. The third-order valence-corrected chi connectivity index (χ3v) is 8.29. The number of hydroxylamine groups is 2. The van der Waals surface area contributed by atoms with Crippen molar-refractivity contribution >= 4 is 11.7 Å². The molecule has 0 aromatic carbocycles. The van der Waals surface area contributed by atoms with E-state index in [0.29, 0.717) is 18.2 Å². The minimum Gasteiger partial charge on any atom is -0.354 e. The largest absolute Gasteiger partial charge is 0.354 e. The molecule has 1 amide bonds. The van der Waals surface area contributed by atoms with E-state index < -0.39 is 5.09 Å². The van der Waals surface area contributed by atoms with Crippen LogP contribution in [0.2, 0.25) is 0 Å². The molecule has 10 heteroatoms. The smallest absolute Gasteiger partial charge is 0.294 e. The normalized spacial score (nSPS) is 14.7. The van der Waals surface area contributed by atoms with Gasteiger partial charge in [-0.2, -0.15) is 0 Å². The van der Waals surface area contributed by atoms with Gasteiger partial charge in [-0.15, -0.1) is 10.1 Å². The van der Waals surface area contributed by atoms with Crippen LogP contribution in [0.1, 0.15) is 127 Å². The van der Waals surface area contributed by atoms with Crippen LogP contribution in [0.5, 0.6) is 0 Å². The quantitative estimate of drug-likeness (QED) is 0.0647. The molecule has 1 aliphatic rings. The number of amides is 1. The van der Waals surface area contributed by atoms with Crippen molar-refractivity contribution < 1.29 is 19.9 Å². The number of unbranched alkanes of at least 4 members (excludes halogenated alkanes) is 14. The Morgan fingerprint density at radius 2 is 1.44 bits per heavy atom. The van der Waals surface area contributed by atoms with Gasteiger partial charge in [0.2, 0.25) is 0 Å². The first-order valence-electron chi connectivity index (χ1n) is 16.2. The molecule has 0 aliphatic carbocycles. The summed E-state index contributed by atoms with van der Waals surface area (Å²) >= 11 is 0. The Hall–Kier alpha value is -2.46. The summed E-state index contributed by atoms with van der Waals surface area (Å²) in [6.45, 7) is 9.00. The van der Waals surface area contributed by atoms with E-state index >= 15 is 0 Å². The lowest BCUT2D eigenvalue weighted by molar-refractivity contribution is -0.757. The van der Waals surface area contributed by atoms with Gasteiger partial charge >= 0.3 is 0 Å². The Bertz CT molecular complexity index is 833. The number of nitrogens with zero attached hydrogens (tertiary/aromatic N) is 5. The van der Waals surface area contributed by atoms with Crippen molar-refractivity contribution in [3.05, 3.63) is 34.0 Å². The summed E-state index contributed by atoms with van der Waals surface area (Å²) in [6.07, 6.45) is 19.9. The molecule has 1 saturated heterocycles. The molecule has 1 atom stereocenters. The second kappa shape index (κ2) is 21.3. The van der Waals surface area contributed by atoms with Gasteiger partial charge in [-0.25, -0.2) is 10.0 Å². The molecule has 10 nitrogen and oxygen atoms in total. The van der Waals surface area contributed by atoms with Crippen LogP contribution < -0.4 is 4.90 Å². The summed E-state index contributed by atoms with van der Waals surface area (Å²) in [5.41, 5.74) is 0.426. The topological polar surface area (TPSA) is 112 Å². The van der Waals surface area contributed by atoms with Crippen LogP contribution in [0.3, 0.4) is 0 Å². The van der Waals surface area contributed by atoms with Crippen LogP contribution in [0, 0.1) is 10.1 Å². The van der Waals surface area contributed by atoms with Crippen molar-refractivity contribution in [3.8, 4) is 0 Å². The molecule has 0 saturated carbocycles. The molecule has 1 fully saturated rings. The fraction of sp³-hybridized carbons (Fsp3) is 0.806. The summed E-state index contributed by atoms with van der Waals surface area (Å²) in [5, 5.41) is 20.4. The Kier molecular flexibility index (Phi) is 18.0. The van der Waals surface area contributed by atoms with Gasteiger partial charge in [-0.05, 0) is 38.3 Å². The van der Waals surface area contributed by atoms with E-state index in [1.54, 1.807) is 12.3 Å². The van der Waals surface area contributed by atoms with E-state index in [9.17, 15) is 20.1 Å². The molecule has 1 unspecified atom stereocenters. The fourth-order valence-corrected chi connectivity index (χ4v) is 5.40. The molecular formula is C31H55N5O5. The molecule has 234 valence electrons. The Morgan fingerprint density at radius 3 is 1.90 bits per heavy atom. The molecule has 1 aromatic rings. The zero-order valence-electron chi connectivity index (χ0n) is 25.7. The number of hydrogen-bond donors (Lipinski definition) is 1. The van der Waals surface area contributed by atoms with Gasteiger partial charge in [-0.3, -0.25) is 14.9 Å². The first kappa shape index (κ1) is 34.7. The van der Waals surface area contributed by atoms with Crippen molar-refractivity contribution in [3.63, 3.8) is 0 Å². The fourth-order valence-electron chi connectivity index (χ4n) is 5.40. The van der Waals surface area contributed by atoms with E-state index in [1.807, 2.05) is 6.07 Å². The van der Waals surface area contributed by atoms with Crippen LogP contribution in [-0.4, -0.2) is 76.5 Å². The standard InChI is InChI=1S/C31H55N5O5/c1-3-28(2)33-22-24-34(25-23-33)30-20-19-29(27-32-30)31(37)35(38)21-17-15-13-11-9-7-5-4-6-8-10-12-14-16-18-26-41-36(39)40/h19-20,27-28,38H,3-18,21-26H2,1-2H3. The summed E-state index contributed by atoms with van der Waals surface area (Å²) < 4.78 is 0. The lowest BCUT2D eigenvalue weighted by atomic mass is 10.0. The predicted octanol–water partition coefficient (Wildman–Crippen LogP) is 6.89. The van der Waals surface area contributed by atoms with Crippen LogP contribution in [-0.2, 0) is 4.84 Å². The third-order valence-electron chi connectivity index (χ3n) is 8.29. The number of hydrogen-bond acceptors (Lipinski definition) is 8. The average molecular weight is 578 g/mol. The summed E-state index contributed by atoms with van der Waals surface area (Å²) in [7, 11) is 0. The van der Waals surface area contributed by atoms with Crippen LogP contribution in [0.25, 0.3) is 0 Å². The number of piperazine rings is 1. The molecule has 1 aromatic heterocycles. The lowest BCUT2D eigenvalue weighted by Crippen LogP contribution is -2.49. The monoisotopic (exact) mass is 577 g/mol. The van der Waals surface area contributed by atoms with Gasteiger partial charge in [0, 0.05) is 45.0 Å². The van der Waals surface area contributed by atoms with E-state index in [1.165, 1.54) is 57.8 Å². The maximum atomic E-state index is 12.6. The first-order valence-corrected chi connectivity index (χ1v) is 16.2. The molecular weight excluding hydrogens is 522 g/mol. The highest BCUT2D eigenvalue weighted by Crippen LogP contribution is 2.17. The molecule has 41 heavy (non-hydrogen) atoms. The molecule has 1 aliphatic heterocycles. The lowest BCUT2D eigenvalue weighted by Gasteiger charge is -2.38. The molecule has 2 rings (SSSR count). The first-order chi connectivity index (χ1) is 19.9. The van der Waals surface area contributed by atoms with Crippen molar-refractivity contribution in [1.29, 1.82) is 0 Å². The third kappa shape index (κ3) is 14.8. The van der Waals surface area contributed by atoms with Crippen molar-refractivity contribution in [2.24, 2.45) is 0 Å². The predicted molar refractivity (Wildman–Crippen MR) is 163 cm³/mol. The molecule has 0 radical (unpaired) electrons. The van der Waals surface area contributed by atoms with Crippen LogP contribution in [0.15, 0.2) is 18.3 Å². The van der Waals surface area contributed by atoms with E-state index in [-0.39, 0.29) is 12.5 Å². The van der Waals surface area contributed by atoms with Gasteiger partial charge in [0.1, 0.15) is 5.82 Å². The number of aromatic nitrogens is 1. The highest BCUT2D eigenvalue weighted by Gasteiger charge is 2.21. The summed E-state index contributed by atoms with van der Waals surface area (Å²) in [4.78, 5) is 36.3. The zero-order valence-corrected chi connectivity index (χ0v) is 25.7. The highest BCUT2D eigenvalue weighted by molar-refractivity contribution is 5.93. The van der Waals surface area contributed by atoms with Crippen LogP contribution >= 0.6 is 0 Å². The summed E-state index contributed by atoms with van der Waals surface area (Å²) in [6, 6.07) is 4.27. The number of carbonyl (C=O) groups excluding carboxylic acids is 1. The van der Waals surface area contributed by atoms with E-state index in [0.717, 1.165) is 82.0 Å². The number of rotatable bonds is 23. The van der Waals surface area contributed by atoms with Gasteiger partial charge < -0.3 is 9.74 Å². The average Bonchev–Trinajstić information content (AvgIpc) is 2.99. The number of carbonyl (C=O) groups is 1. The van der Waals surface area contributed by atoms with Gasteiger partial charge in [0.15, 0.2) is 0 Å². The van der Waals surface area contributed by atoms with Gasteiger partial charge in [0.25, 0.3) is 11.0 Å². The molecule has 0 bridgehead atoms. The Balaban J connectivity index is 1.42. The van der Waals surface area contributed by atoms with E-state index in [2.05, 4.69) is 33.5 Å². The number of anilines is 1. The van der Waals surface area contributed by atoms with Crippen molar-refractivity contribution in [1.82, 2.24) is 14.9 Å². The molecule has 1 N–H and O–H groups in total. The SMILES string of the molecule is CCC(C)N1CCN(c2ccc(C(=O)N(O)CCCCCCCCCCCCCCCCCO[N+](=O)[O-])cn2)CC1. The minimum atomic E-state index is -0.718. The van der Waals surface area contributed by atoms with Crippen molar-refractivity contribution in [2.75, 3.05) is 44.2 Å². The molecule has 2 heterocycles. The maximum absolute atomic E-state index is 12.6. The van der Waals surface area contributed by atoms with Gasteiger partial charge in [-0.1, -0.05) is 90.4 Å². The maximum Gasteiger partial charge on any atom is 0.294 e. The second-order valence-electron chi connectivity index (χ2n) is 11.5. The van der Waals surface area contributed by atoms with Crippen molar-refractivity contribution in [2.45, 2.75) is 123 Å². The minimum absolute atomic E-state index is 0.219.